The molecule has 0 aliphatic heterocycles. The van der Waals surface area contributed by atoms with E-state index in [1.807, 2.05) is 13.0 Å². The number of carbonyl (C=O) groups is 2. The van der Waals surface area contributed by atoms with E-state index in [0.29, 0.717) is 12.0 Å². The Morgan fingerprint density at radius 1 is 1.35 bits per heavy atom. The smallest absolute Gasteiger partial charge is 0.376 e. The van der Waals surface area contributed by atoms with Gasteiger partial charge in [0.05, 0.1) is 12.7 Å². The monoisotopic (exact) mass is 231 g/mol. The summed E-state index contributed by atoms with van der Waals surface area (Å²) in [5, 5.41) is 8.95. The fourth-order valence-electron chi connectivity index (χ4n) is 1.31. The molecule has 1 rings (SSSR count). The average molecular weight is 231 g/mol. The molecular formula is C13H13NO3. The van der Waals surface area contributed by atoms with E-state index in [9.17, 15) is 9.59 Å². The zero-order valence-corrected chi connectivity index (χ0v) is 9.55. The molecule has 4 heteroatoms. The highest BCUT2D eigenvalue weighted by molar-refractivity contribution is 6.36. The number of Topliss-reactive ketones (excluding diaryl/α,β-unsaturated/α-hetero) is 1. The fourth-order valence-corrected chi connectivity index (χ4v) is 1.31. The molecule has 0 radical (unpaired) electrons. The molecule has 0 aliphatic carbocycles. The first-order valence-electron chi connectivity index (χ1n) is 5.36. The quantitative estimate of drug-likeness (QED) is 0.572. The van der Waals surface area contributed by atoms with Gasteiger partial charge in [0.1, 0.15) is 5.92 Å². The molecule has 17 heavy (non-hydrogen) atoms. The van der Waals surface area contributed by atoms with Gasteiger partial charge in [-0.1, -0.05) is 37.3 Å². The number of ether oxygens (including phenoxy) is 1. The number of benzene rings is 1. The van der Waals surface area contributed by atoms with Gasteiger partial charge in [0.15, 0.2) is 0 Å². The molecule has 0 fully saturated rings. The maximum Gasteiger partial charge on any atom is 0.376 e. The highest BCUT2D eigenvalue weighted by Crippen LogP contribution is 2.16. The first-order valence-corrected chi connectivity index (χ1v) is 5.36. The molecule has 0 amide bonds. The molecule has 0 aromatic heterocycles. The molecule has 0 saturated heterocycles. The van der Waals surface area contributed by atoms with Gasteiger partial charge < -0.3 is 4.74 Å². The largest absolute Gasteiger partial charge is 0.460 e. The number of rotatable bonds is 5. The van der Waals surface area contributed by atoms with Crippen molar-refractivity contribution in [1.82, 2.24) is 0 Å². The van der Waals surface area contributed by atoms with Gasteiger partial charge in [0, 0.05) is 0 Å². The van der Waals surface area contributed by atoms with Crippen LogP contribution >= 0.6 is 0 Å². The van der Waals surface area contributed by atoms with E-state index < -0.39 is 17.7 Å². The Morgan fingerprint density at radius 3 is 2.53 bits per heavy atom. The standard InChI is InChI=1S/C13H13NO3/c1-2-8-17-13(16)12(15)11(9-14)10-6-4-3-5-7-10/h3-7,11H,2,8H2,1H3. The number of nitrogens with zero attached hydrogens (tertiary/aromatic N) is 1. The van der Waals surface area contributed by atoms with Crippen molar-refractivity contribution in [1.29, 1.82) is 5.26 Å². The molecule has 0 bridgehead atoms. The Balaban J connectivity index is 2.79. The lowest BCUT2D eigenvalue weighted by atomic mass is 9.96. The molecule has 1 aromatic carbocycles. The summed E-state index contributed by atoms with van der Waals surface area (Å²) >= 11 is 0. The van der Waals surface area contributed by atoms with Crippen LogP contribution in [-0.4, -0.2) is 18.4 Å². The van der Waals surface area contributed by atoms with Crippen molar-refractivity contribution in [3.05, 3.63) is 35.9 Å². The molecule has 0 saturated carbocycles. The average Bonchev–Trinajstić information content (AvgIpc) is 2.38. The molecule has 0 spiro atoms. The van der Waals surface area contributed by atoms with E-state index in [-0.39, 0.29) is 6.61 Å². The first kappa shape index (κ1) is 12.9. The van der Waals surface area contributed by atoms with Crippen LogP contribution in [0.15, 0.2) is 30.3 Å². The van der Waals surface area contributed by atoms with Crippen LogP contribution in [0.2, 0.25) is 0 Å². The van der Waals surface area contributed by atoms with Crippen LogP contribution in [-0.2, 0) is 14.3 Å². The van der Waals surface area contributed by atoms with Crippen molar-refractivity contribution in [2.45, 2.75) is 19.3 Å². The zero-order chi connectivity index (χ0) is 12.7. The summed E-state index contributed by atoms with van der Waals surface area (Å²) in [5.74, 6) is -2.84. The fraction of sp³-hybridized carbons (Fsp3) is 0.308. The Morgan fingerprint density at radius 2 is 2.00 bits per heavy atom. The SMILES string of the molecule is CCCOC(=O)C(=O)C(C#N)c1ccccc1. The summed E-state index contributed by atoms with van der Waals surface area (Å²) in [6.45, 7) is 2.02. The van der Waals surface area contributed by atoms with Crippen molar-refractivity contribution in [2.24, 2.45) is 0 Å². The van der Waals surface area contributed by atoms with Gasteiger partial charge in [-0.25, -0.2) is 4.79 Å². The first-order chi connectivity index (χ1) is 8.20. The molecule has 0 heterocycles. The molecule has 4 nitrogen and oxygen atoms in total. The second kappa shape index (κ2) is 6.44. The van der Waals surface area contributed by atoms with Crippen molar-refractivity contribution in [3.63, 3.8) is 0 Å². The molecule has 1 atom stereocenters. The minimum absolute atomic E-state index is 0.192. The normalized spacial score (nSPS) is 11.3. The Hall–Kier alpha value is -2.15. The van der Waals surface area contributed by atoms with Crippen LogP contribution < -0.4 is 0 Å². The molecular weight excluding hydrogens is 218 g/mol. The number of ketones is 1. The van der Waals surface area contributed by atoms with Crippen LogP contribution in [0, 0.1) is 11.3 Å². The number of carbonyl (C=O) groups excluding carboxylic acids is 2. The second-order valence-electron chi connectivity index (χ2n) is 3.47. The Kier molecular flexibility index (Phi) is 4.89. The van der Waals surface area contributed by atoms with Gasteiger partial charge in [-0.2, -0.15) is 5.26 Å². The highest BCUT2D eigenvalue weighted by atomic mass is 16.5. The summed E-state index contributed by atoms with van der Waals surface area (Å²) in [4.78, 5) is 23.0. The van der Waals surface area contributed by atoms with Crippen molar-refractivity contribution < 1.29 is 14.3 Å². The predicted octanol–water partition coefficient (Wildman–Crippen LogP) is 1.82. The Bertz CT molecular complexity index is 434. The lowest BCUT2D eigenvalue weighted by Gasteiger charge is -2.07. The summed E-state index contributed by atoms with van der Waals surface area (Å²) < 4.78 is 4.72. The third-order valence-corrected chi connectivity index (χ3v) is 2.16. The number of esters is 1. The van der Waals surface area contributed by atoms with Crippen LogP contribution in [0.1, 0.15) is 24.8 Å². The number of hydrogen-bond donors (Lipinski definition) is 0. The lowest BCUT2D eigenvalue weighted by Crippen LogP contribution is -2.24. The molecule has 0 N–H and O–H groups in total. The molecule has 1 unspecified atom stereocenters. The van der Waals surface area contributed by atoms with Crippen LogP contribution in [0.5, 0.6) is 0 Å². The van der Waals surface area contributed by atoms with E-state index in [2.05, 4.69) is 0 Å². The molecule has 0 aliphatic rings. The van der Waals surface area contributed by atoms with E-state index in [1.54, 1.807) is 30.3 Å². The van der Waals surface area contributed by atoms with Crippen molar-refractivity contribution >= 4 is 11.8 Å². The van der Waals surface area contributed by atoms with Crippen LogP contribution in [0.4, 0.5) is 0 Å². The van der Waals surface area contributed by atoms with Crippen molar-refractivity contribution in [2.75, 3.05) is 6.61 Å². The van der Waals surface area contributed by atoms with E-state index >= 15 is 0 Å². The van der Waals surface area contributed by atoms with Gasteiger partial charge in [-0.3, -0.25) is 4.79 Å². The topological polar surface area (TPSA) is 67.2 Å². The Labute approximate surface area is 99.8 Å². The second-order valence-corrected chi connectivity index (χ2v) is 3.47. The summed E-state index contributed by atoms with van der Waals surface area (Å²) in [7, 11) is 0. The summed E-state index contributed by atoms with van der Waals surface area (Å²) in [6.07, 6.45) is 0.640. The number of nitriles is 1. The zero-order valence-electron chi connectivity index (χ0n) is 9.55. The van der Waals surface area contributed by atoms with Gasteiger partial charge >= 0.3 is 5.97 Å². The van der Waals surface area contributed by atoms with Crippen LogP contribution in [0.25, 0.3) is 0 Å². The van der Waals surface area contributed by atoms with E-state index in [1.165, 1.54) is 0 Å². The molecule has 88 valence electrons. The van der Waals surface area contributed by atoms with Gasteiger partial charge in [-0.15, -0.1) is 0 Å². The van der Waals surface area contributed by atoms with Gasteiger partial charge in [0.2, 0.25) is 0 Å². The van der Waals surface area contributed by atoms with Crippen LogP contribution in [0.3, 0.4) is 0 Å². The van der Waals surface area contributed by atoms with Crippen molar-refractivity contribution in [3.8, 4) is 6.07 Å². The minimum Gasteiger partial charge on any atom is -0.460 e. The molecule has 1 aromatic rings. The maximum atomic E-state index is 11.7. The summed E-state index contributed by atoms with van der Waals surface area (Å²) in [5.41, 5.74) is 0.508. The highest BCUT2D eigenvalue weighted by Gasteiger charge is 2.27. The van der Waals surface area contributed by atoms with E-state index in [4.69, 9.17) is 10.00 Å². The van der Waals surface area contributed by atoms with Gasteiger partial charge in [-0.05, 0) is 12.0 Å². The number of hydrogen-bond acceptors (Lipinski definition) is 4. The summed E-state index contributed by atoms with van der Waals surface area (Å²) in [6, 6.07) is 10.3. The third kappa shape index (κ3) is 3.42. The third-order valence-electron chi connectivity index (χ3n) is 2.16. The lowest BCUT2D eigenvalue weighted by molar-refractivity contribution is -0.154. The maximum absolute atomic E-state index is 11.7. The minimum atomic E-state index is -1.08. The van der Waals surface area contributed by atoms with Gasteiger partial charge in [0.25, 0.3) is 5.78 Å². The predicted molar refractivity (Wildman–Crippen MR) is 61.1 cm³/mol. The van der Waals surface area contributed by atoms with E-state index in [0.717, 1.165) is 0 Å².